The molecule has 4 amide bonds. The van der Waals surface area contributed by atoms with Crippen LogP contribution < -0.4 is 22.9 Å². The third-order valence-corrected chi connectivity index (χ3v) is 7.91. The van der Waals surface area contributed by atoms with E-state index < -0.39 is 23.6 Å². The first-order chi connectivity index (χ1) is 21.7. The Morgan fingerprint density at radius 3 is 0.857 bits per heavy atom. The number of hydrogen-bond donors (Lipinski definition) is 4. The zero-order valence-electron chi connectivity index (χ0n) is 28.0. The fourth-order valence-corrected chi connectivity index (χ4v) is 5.14. The summed E-state index contributed by atoms with van der Waals surface area (Å²) >= 11 is 0. The predicted octanol–water partition coefficient (Wildman–Crippen LogP) is 7.06. The molecule has 0 bridgehead atoms. The van der Waals surface area contributed by atoms with Crippen LogP contribution in [0.1, 0.15) is 76.1 Å². The van der Waals surface area contributed by atoms with Gasteiger partial charge < -0.3 is 22.9 Å². The van der Waals surface area contributed by atoms with E-state index in [0.717, 1.165) is 0 Å². The molecule has 1 aliphatic carbocycles. The maximum Gasteiger partial charge on any atom is 0.249 e. The van der Waals surface area contributed by atoms with Crippen molar-refractivity contribution >= 4 is 48.4 Å². The minimum atomic E-state index is -0.537. The summed E-state index contributed by atoms with van der Waals surface area (Å²) in [6, 6.07) is 27.4. The molecule has 49 heavy (non-hydrogen) atoms. The van der Waals surface area contributed by atoms with Crippen LogP contribution >= 0.6 is 24.8 Å². The van der Waals surface area contributed by atoms with Gasteiger partial charge in [0.2, 0.25) is 23.6 Å². The maximum absolute atomic E-state index is 11.4. The first kappa shape index (κ1) is 44.5. The van der Waals surface area contributed by atoms with Gasteiger partial charge in [-0.1, -0.05) is 106 Å². The number of nitrogens with two attached hydrogens (primary N) is 4. The Kier molecular flexibility index (Phi) is 17.7. The smallest absolute Gasteiger partial charge is 0.249 e. The van der Waals surface area contributed by atoms with Gasteiger partial charge in [0, 0.05) is 44.0 Å². The molecule has 0 atom stereocenters. The van der Waals surface area contributed by atoms with Crippen molar-refractivity contribution in [2.45, 2.75) is 34.6 Å². The maximum atomic E-state index is 11.4. The Labute approximate surface area is 315 Å². The second-order valence-electron chi connectivity index (χ2n) is 11.3. The van der Waals surface area contributed by atoms with Crippen molar-refractivity contribution in [3.05, 3.63) is 142 Å². The van der Waals surface area contributed by atoms with Crippen LogP contribution in [0.2, 0.25) is 0 Å². The quantitative estimate of drug-likeness (QED) is 0.123. The Hall–Kier alpha value is -4.47. The van der Waals surface area contributed by atoms with Crippen molar-refractivity contribution in [3.8, 4) is 22.3 Å². The van der Waals surface area contributed by atoms with Gasteiger partial charge in [-0.3, -0.25) is 25.3 Å². The van der Waals surface area contributed by atoms with Crippen molar-refractivity contribution in [2.24, 2.45) is 28.3 Å². The summed E-state index contributed by atoms with van der Waals surface area (Å²) in [5, 5.41) is 0. The number of carbonyl (C=O) groups excluding carboxylic acids is 4. The molecule has 0 saturated heterocycles. The topological polar surface area (TPSA) is 172 Å². The van der Waals surface area contributed by atoms with Crippen LogP contribution in [0.15, 0.2) is 114 Å². The van der Waals surface area contributed by atoms with Gasteiger partial charge >= 0.3 is 0 Å². The van der Waals surface area contributed by atoms with E-state index in [-0.39, 0.29) is 51.9 Å². The van der Waals surface area contributed by atoms with E-state index in [1.807, 2.05) is 0 Å². The van der Waals surface area contributed by atoms with Crippen LogP contribution in [-0.2, 0) is 21.7 Å². The van der Waals surface area contributed by atoms with E-state index in [9.17, 15) is 19.2 Å². The Bertz CT molecular complexity index is 1670. The second-order valence-corrected chi connectivity index (χ2v) is 11.3. The number of halogens is 2. The number of hydrogen-bond acceptors (Lipinski definition) is 4. The van der Waals surface area contributed by atoms with Crippen LogP contribution in [0.3, 0.4) is 0 Å². The Balaban J connectivity index is 0.000000711. The summed E-state index contributed by atoms with van der Waals surface area (Å²) in [5.41, 5.74) is 29.6. The average Bonchev–Trinajstić information content (AvgIpc) is 3.21. The molecule has 4 aromatic rings. The number of amides is 4. The fourth-order valence-electron chi connectivity index (χ4n) is 5.14. The zero-order valence-corrected chi connectivity index (χ0v) is 31.2. The fraction of sp³-hybridized carbons (Fsp3) is 0.158. The number of carbonyl (C=O) groups is 4. The molecular weight excluding hydrogens is 695 g/mol. The molecule has 0 aliphatic heterocycles. The van der Waals surface area contributed by atoms with Crippen LogP contribution in [0.5, 0.6) is 0 Å². The normalized spacial score (nSPS) is 12.1. The summed E-state index contributed by atoms with van der Waals surface area (Å²) in [6.45, 7) is 10.9. The van der Waals surface area contributed by atoms with Crippen LogP contribution in [0, 0.1) is 11.5 Å². The first-order valence-corrected chi connectivity index (χ1v) is 14.5. The van der Waals surface area contributed by atoms with Gasteiger partial charge in [-0.05, 0) is 46.5 Å². The van der Waals surface area contributed by atoms with E-state index in [4.69, 9.17) is 22.9 Å². The summed E-state index contributed by atoms with van der Waals surface area (Å²) in [6.07, 6.45) is 3.44. The number of benzene rings is 4. The van der Waals surface area contributed by atoms with Gasteiger partial charge in [0.15, 0.2) is 0 Å². The molecule has 0 heterocycles. The van der Waals surface area contributed by atoms with Gasteiger partial charge in [0.25, 0.3) is 0 Å². The number of primary amides is 4. The molecular formula is C38H41Cl2N4O4Ti-. The third kappa shape index (κ3) is 11.0. The van der Waals surface area contributed by atoms with E-state index in [1.165, 1.54) is 16.7 Å². The summed E-state index contributed by atoms with van der Waals surface area (Å²) in [5.74, 6) is -2.15. The predicted molar refractivity (Wildman–Crippen MR) is 197 cm³/mol. The molecule has 0 unspecified atom stereocenters. The molecule has 0 saturated carbocycles. The van der Waals surface area contributed by atoms with Gasteiger partial charge in [-0.25, -0.2) is 5.57 Å². The number of rotatable bonds is 6. The van der Waals surface area contributed by atoms with Crippen molar-refractivity contribution in [1.29, 1.82) is 0 Å². The van der Waals surface area contributed by atoms with E-state index in [2.05, 4.69) is 40.7 Å². The van der Waals surface area contributed by atoms with Crippen molar-refractivity contribution in [2.75, 3.05) is 0 Å². The molecule has 8 nitrogen and oxygen atoms in total. The molecule has 0 aromatic heterocycles. The summed E-state index contributed by atoms with van der Waals surface area (Å²) in [7, 11) is 0. The van der Waals surface area contributed by atoms with Crippen LogP contribution in [-0.4, -0.2) is 23.6 Å². The van der Waals surface area contributed by atoms with Gasteiger partial charge in [0.05, 0.1) is 0 Å². The molecule has 8 N–H and O–H groups in total. The van der Waals surface area contributed by atoms with Gasteiger partial charge in [0.1, 0.15) is 0 Å². The van der Waals surface area contributed by atoms with Crippen molar-refractivity contribution in [3.63, 3.8) is 0 Å². The van der Waals surface area contributed by atoms with Crippen LogP contribution in [0.4, 0.5) is 0 Å². The molecule has 0 spiro atoms. The standard InChI is InChI=1S/2C14H12N2O2.C10H15.2ClH.Ti/c2*15-13(17)11-7-3-1-5-9(11)10-6-2-4-8-12(10)14(16)18;1-7-6-10(4,5)9(3)8(7)2;;;/h2*1-8H,(H2,15,17)(H2,16,18);1-5H3;2*1H;/q;;-1;;;. The zero-order chi connectivity index (χ0) is 34.2. The first-order valence-electron chi connectivity index (χ1n) is 14.5. The van der Waals surface area contributed by atoms with Gasteiger partial charge in [-0.2, -0.15) is 11.1 Å². The minimum absolute atomic E-state index is 0. The third-order valence-electron chi connectivity index (χ3n) is 7.91. The average molecular weight is 737 g/mol. The molecule has 0 fully saturated rings. The monoisotopic (exact) mass is 735 g/mol. The van der Waals surface area contributed by atoms with E-state index >= 15 is 0 Å². The number of allylic oxidation sites excluding steroid dienone is 4. The Morgan fingerprint density at radius 2 is 0.714 bits per heavy atom. The molecule has 4 aromatic carbocycles. The molecule has 256 valence electrons. The molecule has 11 heteroatoms. The summed E-state index contributed by atoms with van der Waals surface area (Å²) in [4.78, 5) is 45.5. The molecule has 0 radical (unpaired) electrons. The molecule has 5 rings (SSSR count). The second kappa shape index (κ2) is 19.5. The van der Waals surface area contributed by atoms with E-state index in [0.29, 0.717) is 44.5 Å². The largest absolute Gasteiger partial charge is 0.366 e. The van der Waals surface area contributed by atoms with Crippen molar-refractivity contribution < 1.29 is 40.9 Å². The molecule has 1 aliphatic rings. The minimum Gasteiger partial charge on any atom is -0.366 e. The van der Waals surface area contributed by atoms with E-state index in [1.54, 1.807) is 97.1 Å². The van der Waals surface area contributed by atoms with Crippen LogP contribution in [0.25, 0.3) is 22.3 Å². The Morgan fingerprint density at radius 1 is 0.490 bits per heavy atom. The SMILES string of the molecule is CC1=[C-]C(C)(C)C(C)=C1C.Cl.Cl.NC(=O)c1ccccc1-c1ccccc1C(N)=O.NC(=O)c1ccccc1-c1ccccc1C(N)=O.[Ti]. The van der Waals surface area contributed by atoms with Gasteiger partial charge in [-0.15, -0.1) is 31.7 Å². The summed E-state index contributed by atoms with van der Waals surface area (Å²) < 4.78 is 0. The van der Waals surface area contributed by atoms with Crippen molar-refractivity contribution in [1.82, 2.24) is 0 Å².